The Labute approximate surface area is 89.3 Å². The van der Waals surface area contributed by atoms with Crippen LogP contribution in [0.3, 0.4) is 0 Å². The lowest BCUT2D eigenvalue weighted by Crippen LogP contribution is -2.20. The van der Waals surface area contributed by atoms with E-state index in [1.54, 1.807) is 6.92 Å². The van der Waals surface area contributed by atoms with Crippen molar-refractivity contribution < 1.29 is 4.79 Å². The summed E-state index contributed by atoms with van der Waals surface area (Å²) in [4.78, 5) is 11.3. The molecule has 0 aliphatic carbocycles. The van der Waals surface area contributed by atoms with Gasteiger partial charge in [0.2, 0.25) is 5.91 Å². The fourth-order valence-electron chi connectivity index (χ4n) is 1.19. The van der Waals surface area contributed by atoms with Crippen molar-refractivity contribution in [2.75, 3.05) is 5.32 Å². The monoisotopic (exact) mass is 211 g/mol. The Balaban J connectivity index is 2.82. The Hall–Kier alpha value is -1.02. The fourth-order valence-corrected chi connectivity index (χ4v) is 1.24. The van der Waals surface area contributed by atoms with Crippen LogP contribution in [0.2, 0.25) is 0 Å². The van der Waals surface area contributed by atoms with Gasteiger partial charge >= 0.3 is 0 Å². The molecule has 0 bridgehead atoms. The molecule has 1 rings (SSSR count). The second-order valence-electron chi connectivity index (χ2n) is 3.42. The molecule has 0 aromatic heterocycles. The lowest BCUT2D eigenvalue weighted by molar-refractivity contribution is -0.115. The maximum atomic E-state index is 11.3. The van der Waals surface area contributed by atoms with Gasteiger partial charge in [0, 0.05) is 5.69 Å². The Morgan fingerprint density at radius 3 is 2.57 bits per heavy atom. The average Bonchev–Trinajstić information content (AvgIpc) is 2.09. The highest BCUT2D eigenvalue weighted by molar-refractivity contribution is 6.32. The smallest absolute Gasteiger partial charge is 0.242 e. The number of hydrogen-bond donors (Lipinski definition) is 1. The van der Waals surface area contributed by atoms with Gasteiger partial charge in [0.15, 0.2) is 0 Å². The van der Waals surface area contributed by atoms with E-state index in [1.165, 1.54) is 5.56 Å². The van der Waals surface area contributed by atoms with Gasteiger partial charge in [-0.15, -0.1) is 11.6 Å². The number of alkyl halides is 1. The summed E-state index contributed by atoms with van der Waals surface area (Å²) in [5.74, 6) is -0.168. The number of benzene rings is 1. The quantitative estimate of drug-likeness (QED) is 0.749. The third-order valence-corrected chi connectivity index (χ3v) is 2.20. The number of amides is 1. The Morgan fingerprint density at radius 1 is 1.43 bits per heavy atom. The first kappa shape index (κ1) is 11.1. The zero-order chi connectivity index (χ0) is 10.7. The van der Waals surface area contributed by atoms with Crippen LogP contribution in [-0.4, -0.2) is 11.3 Å². The van der Waals surface area contributed by atoms with E-state index in [9.17, 15) is 4.79 Å². The molecular formula is C11H14ClNO. The molecule has 0 aliphatic heterocycles. The van der Waals surface area contributed by atoms with Gasteiger partial charge in [-0.25, -0.2) is 0 Å². The van der Waals surface area contributed by atoms with E-state index in [2.05, 4.69) is 5.32 Å². The number of carbonyl (C=O) groups excluding carboxylic acids is 1. The van der Waals surface area contributed by atoms with Crippen molar-refractivity contribution in [1.29, 1.82) is 0 Å². The summed E-state index contributed by atoms with van der Waals surface area (Å²) >= 11 is 5.65. The van der Waals surface area contributed by atoms with E-state index < -0.39 is 5.38 Å². The number of rotatable bonds is 2. The first-order valence-corrected chi connectivity index (χ1v) is 4.96. The maximum absolute atomic E-state index is 11.3. The zero-order valence-corrected chi connectivity index (χ0v) is 9.35. The molecule has 14 heavy (non-hydrogen) atoms. The number of anilines is 1. The lowest BCUT2D eigenvalue weighted by atomic mass is 10.1. The SMILES string of the molecule is Cc1ccc(NC(=O)[C@@H](C)Cl)c(C)c1. The topological polar surface area (TPSA) is 29.1 Å². The summed E-state index contributed by atoms with van der Waals surface area (Å²) in [6, 6.07) is 5.87. The van der Waals surface area contributed by atoms with Gasteiger partial charge in [0.25, 0.3) is 0 Å². The molecule has 1 aromatic rings. The molecule has 1 N–H and O–H groups in total. The highest BCUT2D eigenvalue weighted by Gasteiger charge is 2.09. The minimum atomic E-state index is -0.504. The third-order valence-electron chi connectivity index (χ3n) is 2.00. The van der Waals surface area contributed by atoms with E-state index in [-0.39, 0.29) is 5.91 Å². The summed E-state index contributed by atoms with van der Waals surface area (Å²) in [5.41, 5.74) is 3.06. The van der Waals surface area contributed by atoms with Gasteiger partial charge in [-0.1, -0.05) is 17.7 Å². The summed E-state index contributed by atoms with van der Waals surface area (Å²) in [6.45, 7) is 5.63. The second-order valence-corrected chi connectivity index (χ2v) is 4.08. The molecule has 1 amide bonds. The zero-order valence-electron chi connectivity index (χ0n) is 8.60. The van der Waals surface area contributed by atoms with Crippen molar-refractivity contribution in [2.45, 2.75) is 26.1 Å². The van der Waals surface area contributed by atoms with Crippen molar-refractivity contribution >= 4 is 23.2 Å². The molecule has 0 heterocycles. The van der Waals surface area contributed by atoms with Crippen LogP contribution in [0.1, 0.15) is 18.1 Å². The number of aryl methyl sites for hydroxylation is 2. The molecule has 0 spiro atoms. The minimum absolute atomic E-state index is 0.168. The predicted molar refractivity (Wildman–Crippen MR) is 59.9 cm³/mol. The van der Waals surface area contributed by atoms with Gasteiger partial charge in [-0.3, -0.25) is 4.79 Å². The van der Waals surface area contributed by atoms with E-state index in [4.69, 9.17) is 11.6 Å². The molecule has 2 nitrogen and oxygen atoms in total. The molecule has 1 aromatic carbocycles. The standard InChI is InChI=1S/C11H14ClNO/c1-7-4-5-10(8(2)6-7)13-11(14)9(3)12/h4-6,9H,1-3H3,(H,13,14)/t9-/m1/s1. The summed E-state index contributed by atoms with van der Waals surface area (Å²) in [6.07, 6.45) is 0. The fraction of sp³-hybridized carbons (Fsp3) is 0.364. The molecule has 0 saturated heterocycles. The van der Waals surface area contributed by atoms with Crippen LogP contribution in [0, 0.1) is 13.8 Å². The van der Waals surface area contributed by atoms with Crippen molar-refractivity contribution in [3.63, 3.8) is 0 Å². The largest absolute Gasteiger partial charge is 0.325 e. The van der Waals surface area contributed by atoms with Crippen molar-refractivity contribution in [2.24, 2.45) is 0 Å². The van der Waals surface area contributed by atoms with E-state index in [1.807, 2.05) is 32.0 Å². The molecule has 0 saturated carbocycles. The van der Waals surface area contributed by atoms with Crippen LogP contribution in [0.25, 0.3) is 0 Å². The number of hydrogen-bond acceptors (Lipinski definition) is 1. The van der Waals surface area contributed by atoms with Gasteiger partial charge in [0.05, 0.1) is 0 Å². The number of halogens is 1. The Kier molecular flexibility index (Phi) is 3.53. The minimum Gasteiger partial charge on any atom is -0.325 e. The van der Waals surface area contributed by atoms with Gasteiger partial charge in [-0.2, -0.15) is 0 Å². The Bertz CT molecular complexity index is 347. The summed E-state index contributed by atoms with van der Waals surface area (Å²) in [7, 11) is 0. The molecule has 0 fully saturated rings. The van der Waals surface area contributed by atoms with Gasteiger partial charge < -0.3 is 5.32 Å². The van der Waals surface area contributed by atoms with Crippen molar-refractivity contribution in [3.8, 4) is 0 Å². The Morgan fingerprint density at radius 2 is 2.07 bits per heavy atom. The van der Waals surface area contributed by atoms with Crippen LogP contribution in [0.15, 0.2) is 18.2 Å². The number of carbonyl (C=O) groups is 1. The summed E-state index contributed by atoms with van der Waals surface area (Å²) in [5, 5.41) is 2.26. The second kappa shape index (κ2) is 4.47. The molecule has 0 radical (unpaired) electrons. The molecule has 76 valence electrons. The van der Waals surface area contributed by atoms with Crippen molar-refractivity contribution in [3.05, 3.63) is 29.3 Å². The average molecular weight is 212 g/mol. The predicted octanol–water partition coefficient (Wildman–Crippen LogP) is 2.87. The van der Waals surface area contributed by atoms with Crippen LogP contribution >= 0.6 is 11.6 Å². The van der Waals surface area contributed by atoms with Crippen LogP contribution in [0.5, 0.6) is 0 Å². The first-order valence-electron chi connectivity index (χ1n) is 4.53. The van der Waals surface area contributed by atoms with Gasteiger partial charge in [0.1, 0.15) is 5.38 Å². The first-order chi connectivity index (χ1) is 6.50. The molecule has 3 heteroatoms. The molecular weight excluding hydrogens is 198 g/mol. The lowest BCUT2D eigenvalue weighted by Gasteiger charge is -2.09. The highest BCUT2D eigenvalue weighted by atomic mass is 35.5. The van der Waals surface area contributed by atoms with Crippen LogP contribution in [0.4, 0.5) is 5.69 Å². The highest BCUT2D eigenvalue weighted by Crippen LogP contribution is 2.16. The van der Waals surface area contributed by atoms with Crippen molar-refractivity contribution in [1.82, 2.24) is 0 Å². The number of nitrogens with one attached hydrogen (secondary N) is 1. The van der Waals surface area contributed by atoms with Gasteiger partial charge in [-0.05, 0) is 32.4 Å². The van der Waals surface area contributed by atoms with Crippen LogP contribution < -0.4 is 5.32 Å². The summed E-state index contributed by atoms with van der Waals surface area (Å²) < 4.78 is 0. The molecule has 0 unspecified atom stereocenters. The van der Waals surface area contributed by atoms with E-state index in [0.29, 0.717) is 0 Å². The normalized spacial score (nSPS) is 12.3. The molecule has 1 atom stereocenters. The maximum Gasteiger partial charge on any atom is 0.242 e. The van der Waals surface area contributed by atoms with E-state index in [0.717, 1.165) is 11.3 Å². The van der Waals surface area contributed by atoms with Crippen LogP contribution in [-0.2, 0) is 4.79 Å². The molecule has 0 aliphatic rings. The van der Waals surface area contributed by atoms with E-state index >= 15 is 0 Å². The third kappa shape index (κ3) is 2.74.